The van der Waals surface area contributed by atoms with Crippen molar-refractivity contribution in [3.8, 4) is 45.7 Å². The Bertz CT molecular complexity index is 2040. The van der Waals surface area contributed by atoms with Gasteiger partial charge in [-0.1, -0.05) is 54.6 Å². The molecule has 0 N–H and O–H groups in total. The van der Waals surface area contributed by atoms with Gasteiger partial charge >= 0.3 is 17.1 Å². The van der Waals surface area contributed by atoms with Crippen molar-refractivity contribution < 1.29 is 17.1 Å². The first-order chi connectivity index (χ1) is 19.8. The summed E-state index contributed by atoms with van der Waals surface area (Å²) in [5.41, 5.74) is 5.65. The van der Waals surface area contributed by atoms with Crippen molar-refractivity contribution >= 4 is 44.3 Å². The molecular formula is C30H14CuN10. The molecule has 0 amide bonds. The van der Waals surface area contributed by atoms with Crippen molar-refractivity contribution in [2.45, 2.75) is 0 Å². The maximum absolute atomic E-state index is 4.92. The molecule has 8 bridgehead atoms. The molecule has 1 radical (unpaired) electrons. The molecule has 0 unspecified atom stereocenters. The Morgan fingerprint density at radius 1 is 0.415 bits per heavy atom. The molecule has 195 valence electrons. The van der Waals surface area contributed by atoms with E-state index in [2.05, 4.69) is 9.97 Å². The molecule has 41 heavy (non-hydrogen) atoms. The SMILES string of the molecule is [Cu+2].c1ccc2c(c1)-c1nc-2nc2[n-]c(nc3nc(nc4[n-]c(n1)c1ccccc41)-c1ncccc1-3)c1cccnc21. The summed E-state index contributed by atoms with van der Waals surface area (Å²) in [5.74, 6) is 1.91. The Balaban J connectivity index is 0.00000256. The minimum absolute atomic E-state index is 0. The van der Waals surface area contributed by atoms with Gasteiger partial charge in [0, 0.05) is 57.1 Å². The van der Waals surface area contributed by atoms with Crippen LogP contribution in [0.2, 0.25) is 0 Å². The van der Waals surface area contributed by atoms with Gasteiger partial charge in [0.1, 0.15) is 11.5 Å². The first-order valence-electron chi connectivity index (χ1n) is 12.6. The van der Waals surface area contributed by atoms with Crippen LogP contribution in [0.5, 0.6) is 0 Å². The predicted molar refractivity (Wildman–Crippen MR) is 150 cm³/mol. The number of aromatic nitrogens is 10. The molecule has 0 saturated carbocycles. The van der Waals surface area contributed by atoms with Crippen LogP contribution in [0.25, 0.3) is 89.9 Å². The molecule has 11 heteroatoms. The molecule has 2 aliphatic rings. The van der Waals surface area contributed by atoms with E-state index in [1.807, 2.05) is 72.8 Å². The zero-order valence-electron chi connectivity index (χ0n) is 20.9. The van der Waals surface area contributed by atoms with Crippen molar-refractivity contribution in [1.82, 2.24) is 49.8 Å². The number of pyridine rings is 2. The topological polar surface area (TPSA) is 131 Å². The first kappa shape index (κ1) is 23.5. The maximum atomic E-state index is 4.92. The largest absolute Gasteiger partial charge is 2.00 e. The number of hydrogen-bond donors (Lipinski definition) is 0. The van der Waals surface area contributed by atoms with E-state index in [0.29, 0.717) is 57.1 Å². The van der Waals surface area contributed by atoms with Gasteiger partial charge in [-0.05, 0) is 29.0 Å². The molecule has 9 rings (SSSR count). The first-order valence-corrected chi connectivity index (χ1v) is 12.6. The third-order valence-corrected chi connectivity index (χ3v) is 7.03. The van der Waals surface area contributed by atoms with Crippen LogP contribution >= 0.6 is 0 Å². The van der Waals surface area contributed by atoms with Crippen LogP contribution in [0.1, 0.15) is 0 Å². The molecule has 0 aliphatic carbocycles. The van der Waals surface area contributed by atoms with Crippen LogP contribution < -0.4 is 9.97 Å². The Hall–Kier alpha value is -5.38. The second-order valence-corrected chi connectivity index (χ2v) is 9.37. The molecule has 10 nitrogen and oxygen atoms in total. The van der Waals surface area contributed by atoms with Gasteiger partial charge in [-0.15, -0.1) is 0 Å². The molecule has 0 spiro atoms. The van der Waals surface area contributed by atoms with Crippen LogP contribution in [0.15, 0.2) is 85.2 Å². The Morgan fingerprint density at radius 3 is 1.66 bits per heavy atom. The zero-order chi connectivity index (χ0) is 26.2. The van der Waals surface area contributed by atoms with E-state index in [-0.39, 0.29) is 17.1 Å². The van der Waals surface area contributed by atoms with Crippen molar-refractivity contribution in [2.24, 2.45) is 0 Å². The van der Waals surface area contributed by atoms with Crippen LogP contribution in [0.3, 0.4) is 0 Å². The molecule has 0 fully saturated rings. The Morgan fingerprint density at radius 2 is 0.902 bits per heavy atom. The molecule has 0 atom stereocenters. The van der Waals surface area contributed by atoms with Crippen LogP contribution in [-0.2, 0) is 17.1 Å². The summed E-state index contributed by atoms with van der Waals surface area (Å²) in [6.07, 6.45) is 3.43. The second kappa shape index (κ2) is 8.82. The summed E-state index contributed by atoms with van der Waals surface area (Å²) < 4.78 is 0. The van der Waals surface area contributed by atoms with E-state index in [9.17, 15) is 0 Å². The van der Waals surface area contributed by atoms with Gasteiger partial charge in [0.15, 0.2) is 0 Å². The van der Waals surface area contributed by atoms with Gasteiger partial charge in [0.05, 0.1) is 23.0 Å². The summed E-state index contributed by atoms with van der Waals surface area (Å²) >= 11 is 0. The standard InChI is InChI=1S/C30H14N10.Cu/c1-3-9-17-15(7-1)23-33-24-16-8-2-4-10-18(16)26(35-24)38-30-22-20(12-6-14-32-22)28(40-30)36-27-19-11-5-13-31-21(19)29(39-27)37-25(17)34-23;/h1-14H;/q-2;+2. The van der Waals surface area contributed by atoms with Crippen LogP contribution in [-0.4, -0.2) is 39.9 Å². The average molecular weight is 578 g/mol. The fraction of sp³-hybridized carbons (Fsp3) is 0. The predicted octanol–water partition coefficient (Wildman–Crippen LogP) is 4.91. The third kappa shape index (κ3) is 3.50. The number of benzene rings is 2. The fourth-order valence-electron chi connectivity index (χ4n) is 5.21. The molecule has 7 heterocycles. The van der Waals surface area contributed by atoms with Crippen LogP contribution in [0, 0.1) is 0 Å². The van der Waals surface area contributed by atoms with Gasteiger partial charge < -0.3 is 29.9 Å². The van der Waals surface area contributed by atoms with E-state index in [0.717, 1.165) is 32.8 Å². The summed E-state index contributed by atoms with van der Waals surface area (Å²) in [5, 5.41) is 2.48. The number of nitrogens with zero attached hydrogens (tertiary/aromatic N) is 10. The fourth-order valence-corrected chi connectivity index (χ4v) is 5.21. The Labute approximate surface area is 241 Å². The molecule has 7 aromatic rings. The normalized spacial score (nSPS) is 11.7. The van der Waals surface area contributed by atoms with Crippen LogP contribution in [0.4, 0.5) is 0 Å². The van der Waals surface area contributed by atoms with Gasteiger partial charge in [-0.25, -0.2) is 9.97 Å². The van der Waals surface area contributed by atoms with E-state index in [1.165, 1.54) is 0 Å². The summed E-state index contributed by atoms with van der Waals surface area (Å²) in [4.78, 5) is 47.9. The van der Waals surface area contributed by atoms with Gasteiger partial charge in [-0.2, -0.15) is 0 Å². The molecule has 0 saturated heterocycles. The molecule has 5 aromatic heterocycles. The monoisotopic (exact) mass is 577 g/mol. The smallest absolute Gasteiger partial charge is 0.357 e. The quantitative estimate of drug-likeness (QED) is 0.229. The summed E-state index contributed by atoms with van der Waals surface area (Å²) in [7, 11) is 0. The van der Waals surface area contributed by atoms with Crippen molar-refractivity contribution in [1.29, 1.82) is 0 Å². The molecule has 2 aromatic carbocycles. The minimum Gasteiger partial charge on any atom is -0.357 e. The maximum Gasteiger partial charge on any atom is 2.00 e. The van der Waals surface area contributed by atoms with Crippen molar-refractivity contribution in [2.75, 3.05) is 0 Å². The van der Waals surface area contributed by atoms with Crippen molar-refractivity contribution in [3.05, 3.63) is 85.2 Å². The van der Waals surface area contributed by atoms with Gasteiger partial charge in [0.25, 0.3) is 0 Å². The van der Waals surface area contributed by atoms with Gasteiger partial charge in [-0.3, -0.25) is 9.97 Å². The van der Waals surface area contributed by atoms with E-state index < -0.39 is 0 Å². The molecular weight excluding hydrogens is 564 g/mol. The van der Waals surface area contributed by atoms with E-state index >= 15 is 0 Å². The summed E-state index contributed by atoms with van der Waals surface area (Å²) in [6.45, 7) is 0. The van der Waals surface area contributed by atoms with E-state index in [4.69, 9.17) is 39.9 Å². The second-order valence-electron chi connectivity index (χ2n) is 9.37. The number of fused-ring (bicyclic) bond motifs is 20. The number of hydrogen-bond acceptors (Lipinski definition) is 8. The third-order valence-electron chi connectivity index (χ3n) is 7.03. The Kier molecular flexibility index (Phi) is 5.05. The average Bonchev–Trinajstić information content (AvgIpc) is 3.73. The van der Waals surface area contributed by atoms with Crippen molar-refractivity contribution in [3.63, 3.8) is 0 Å². The number of rotatable bonds is 0. The minimum atomic E-state index is 0. The van der Waals surface area contributed by atoms with Gasteiger partial charge in [0.2, 0.25) is 0 Å². The summed E-state index contributed by atoms with van der Waals surface area (Å²) in [6, 6.07) is 23.3. The zero-order valence-corrected chi connectivity index (χ0v) is 21.8. The molecule has 2 aliphatic heterocycles. The van der Waals surface area contributed by atoms with E-state index in [1.54, 1.807) is 12.4 Å².